The van der Waals surface area contributed by atoms with Crippen molar-refractivity contribution in [1.29, 1.82) is 0 Å². The van der Waals surface area contributed by atoms with E-state index in [0.29, 0.717) is 18.5 Å². The predicted molar refractivity (Wildman–Crippen MR) is 78.7 cm³/mol. The maximum atomic E-state index is 12.3. The Hall–Kier alpha value is -2.30. The molecule has 3 rings (SSSR count). The van der Waals surface area contributed by atoms with Crippen LogP contribution in [-0.4, -0.2) is 22.5 Å². The van der Waals surface area contributed by atoms with E-state index < -0.39 is 17.5 Å². The van der Waals surface area contributed by atoms with Crippen LogP contribution in [-0.2, 0) is 9.53 Å². The van der Waals surface area contributed by atoms with Gasteiger partial charge in [-0.3, -0.25) is 4.79 Å². The smallest absolute Gasteiger partial charge is 0.355 e. The number of hydrogen-bond donors (Lipinski definition) is 2. The Balaban J connectivity index is 1.85. The summed E-state index contributed by atoms with van der Waals surface area (Å²) in [5.74, 6) is -1.07. The van der Waals surface area contributed by atoms with Gasteiger partial charge in [0.2, 0.25) is 0 Å². The zero-order valence-electron chi connectivity index (χ0n) is 11.7. The van der Waals surface area contributed by atoms with Crippen molar-refractivity contribution < 1.29 is 14.3 Å². The number of nitrogens with one attached hydrogen (secondary N) is 1. The third-order valence-corrected chi connectivity index (χ3v) is 4.15. The molecule has 1 aromatic carbocycles. The number of rotatable bonds is 3. The summed E-state index contributed by atoms with van der Waals surface area (Å²) >= 11 is 0. The normalized spacial score (nSPS) is 17.5. The summed E-state index contributed by atoms with van der Waals surface area (Å²) in [6.07, 6.45) is 3.76. The van der Waals surface area contributed by atoms with E-state index in [4.69, 9.17) is 10.5 Å². The Labute approximate surface area is 122 Å². The molecular weight excluding hydrogens is 268 g/mol. The summed E-state index contributed by atoms with van der Waals surface area (Å²) < 4.78 is 5.51. The van der Waals surface area contributed by atoms with Gasteiger partial charge in [0.1, 0.15) is 5.69 Å². The fourth-order valence-corrected chi connectivity index (χ4v) is 2.94. The topological polar surface area (TPSA) is 85.2 Å². The molecule has 0 radical (unpaired) electrons. The molecule has 1 aliphatic carbocycles. The third-order valence-electron chi connectivity index (χ3n) is 4.15. The van der Waals surface area contributed by atoms with Gasteiger partial charge in [0.15, 0.2) is 5.60 Å². The lowest BCUT2D eigenvalue weighted by atomic mass is 9.84. The van der Waals surface area contributed by atoms with E-state index in [1.54, 1.807) is 6.07 Å². The third kappa shape index (κ3) is 2.51. The summed E-state index contributed by atoms with van der Waals surface area (Å²) in [4.78, 5) is 27.1. The number of ether oxygens (including phenoxy) is 1. The average molecular weight is 286 g/mol. The maximum Gasteiger partial charge on any atom is 0.355 e. The lowest BCUT2D eigenvalue weighted by Gasteiger charge is -2.33. The Kier molecular flexibility index (Phi) is 3.41. The van der Waals surface area contributed by atoms with Gasteiger partial charge in [-0.25, -0.2) is 4.79 Å². The molecular formula is C16H18N2O3. The zero-order valence-corrected chi connectivity index (χ0v) is 11.7. The second-order valence-corrected chi connectivity index (χ2v) is 5.58. The van der Waals surface area contributed by atoms with Crippen LogP contribution in [0.1, 0.15) is 42.6 Å². The van der Waals surface area contributed by atoms with Crippen LogP contribution < -0.4 is 5.73 Å². The first-order valence-electron chi connectivity index (χ1n) is 7.22. The molecule has 2 aromatic rings. The Morgan fingerprint density at radius 2 is 1.86 bits per heavy atom. The lowest BCUT2D eigenvalue weighted by molar-refractivity contribution is -0.140. The van der Waals surface area contributed by atoms with Crippen molar-refractivity contribution in [2.45, 2.75) is 37.7 Å². The first-order chi connectivity index (χ1) is 10.1. The number of carbonyl (C=O) groups excluding carboxylic acids is 2. The highest BCUT2D eigenvalue weighted by Crippen LogP contribution is 2.32. The summed E-state index contributed by atoms with van der Waals surface area (Å²) in [6, 6.07) is 9.32. The van der Waals surface area contributed by atoms with Gasteiger partial charge in [0.05, 0.1) is 0 Å². The number of esters is 1. The van der Waals surface area contributed by atoms with Gasteiger partial charge in [-0.1, -0.05) is 24.6 Å². The fourth-order valence-electron chi connectivity index (χ4n) is 2.94. The van der Waals surface area contributed by atoms with Crippen molar-refractivity contribution in [2.75, 3.05) is 0 Å². The van der Waals surface area contributed by atoms with Crippen LogP contribution in [0.3, 0.4) is 0 Å². The van der Waals surface area contributed by atoms with Crippen LogP contribution in [0, 0.1) is 0 Å². The Morgan fingerprint density at radius 3 is 2.52 bits per heavy atom. The van der Waals surface area contributed by atoms with Crippen LogP contribution in [0.15, 0.2) is 30.3 Å². The van der Waals surface area contributed by atoms with Crippen LogP contribution in [0.5, 0.6) is 0 Å². The molecule has 0 aliphatic heterocycles. The van der Waals surface area contributed by atoms with Gasteiger partial charge in [-0.15, -0.1) is 0 Å². The molecule has 0 unspecified atom stereocenters. The highest BCUT2D eigenvalue weighted by atomic mass is 16.6. The molecule has 0 atom stereocenters. The first-order valence-corrected chi connectivity index (χ1v) is 7.22. The summed E-state index contributed by atoms with van der Waals surface area (Å²) in [7, 11) is 0. The second-order valence-electron chi connectivity index (χ2n) is 5.58. The lowest BCUT2D eigenvalue weighted by Crippen LogP contribution is -2.49. The summed E-state index contributed by atoms with van der Waals surface area (Å²) in [5.41, 5.74) is 5.54. The van der Waals surface area contributed by atoms with Crippen molar-refractivity contribution in [2.24, 2.45) is 5.73 Å². The number of H-pyrrole nitrogens is 1. The number of carbonyl (C=O) groups is 2. The van der Waals surface area contributed by atoms with Crippen molar-refractivity contribution in [3.63, 3.8) is 0 Å². The molecule has 0 bridgehead atoms. The second kappa shape index (κ2) is 5.24. The van der Waals surface area contributed by atoms with Crippen LogP contribution >= 0.6 is 0 Å². The van der Waals surface area contributed by atoms with E-state index in [1.807, 2.05) is 24.3 Å². The number of fused-ring (bicyclic) bond motifs is 1. The minimum Gasteiger partial charge on any atom is -0.444 e. The first kappa shape index (κ1) is 13.7. The van der Waals surface area contributed by atoms with E-state index in [-0.39, 0.29) is 0 Å². The molecule has 0 spiro atoms. The summed E-state index contributed by atoms with van der Waals surface area (Å²) in [6.45, 7) is 0. The minimum absolute atomic E-state index is 0.349. The quantitative estimate of drug-likeness (QED) is 0.850. The molecule has 0 saturated heterocycles. The number of aromatic nitrogens is 1. The standard InChI is InChI=1S/C16H18N2O3/c17-15(20)16(8-4-1-5-9-16)21-14(19)13-10-11-6-2-3-7-12(11)18-13/h2-3,6-7,10,18H,1,4-5,8-9H2,(H2,17,20). The van der Waals surface area contributed by atoms with Crippen LogP contribution in [0.2, 0.25) is 0 Å². The number of aromatic amines is 1. The number of para-hydroxylation sites is 1. The van der Waals surface area contributed by atoms with Gasteiger partial charge < -0.3 is 15.5 Å². The van der Waals surface area contributed by atoms with Crippen LogP contribution in [0.4, 0.5) is 0 Å². The van der Waals surface area contributed by atoms with Crippen molar-refractivity contribution >= 4 is 22.8 Å². The number of primary amides is 1. The molecule has 5 heteroatoms. The largest absolute Gasteiger partial charge is 0.444 e. The van der Waals surface area contributed by atoms with Crippen molar-refractivity contribution in [1.82, 2.24) is 4.98 Å². The van der Waals surface area contributed by atoms with Crippen LogP contribution in [0.25, 0.3) is 10.9 Å². The molecule has 1 aliphatic rings. The van der Waals surface area contributed by atoms with Gasteiger partial charge in [0, 0.05) is 10.9 Å². The molecule has 1 heterocycles. The van der Waals surface area contributed by atoms with E-state index in [0.717, 1.165) is 30.2 Å². The van der Waals surface area contributed by atoms with Crippen molar-refractivity contribution in [3.8, 4) is 0 Å². The molecule has 5 nitrogen and oxygen atoms in total. The van der Waals surface area contributed by atoms with E-state index in [2.05, 4.69) is 4.98 Å². The highest BCUT2D eigenvalue weighted by molar-refractivity contribution is 5.97. The molecule has 1 saturated carbocycles. The van der Waals surface area contributed by atoms with Gasteiger partial charge >= 0.3 is 5.97 Å². The average Bonchev–Trinajstić information content (AvgIpc) is 2.92. The fraction of sp³-hybridized carbons (Fsp3) is 0.375. The number of benzene rings is 1. The molecule has 1 fully saturated rings. The van der Waals surface area contributed by atoms with E-state index >= 15 is 0 Å². The number of amides is 1. The van der Waals surface area contributed by atoms with E-state index in [1.165, 1.54) is 0 Å². The minimum atomic E-state index is -1.15. The summed E-state index contributed by atoms with van der Waals surface area (Å²) in [5, 5.41) is 0.932. The van der Waals surface area contributed by atoms with Gasteiger partial charge in [-0.05, 0) is 37.8 Å². The number of nitrogens with two attached hydrogens (primary N) is 1. The molecule has 1 aromatic heterocycles. The van der Waals surface area contributed by atoms with E-state index in [9.17, 15) is 9.59 Å². The van der Waals surface area contributed by atoms with Crippen molar-refractivity contribution in [3.05, 3.63) is 36.0 Å². The zero-order chi connectivity index (χ0) is 14.9. The number of hydrogen-bond acceptors (Lipinski definition) is 3. The maximum absolute atomic E-state index is 12.3. The molecule has 1 amide bonds. The van der Waals surface area contributed by atoms with Gasteiger partial charge in [-0.2, -0.15) is 0 Å². The molecule has 3 N–H and O–H groups in total. The SMILES string of the molecule is NC(=O)C1(OC(=O)c2cc3ccccc3[nH]2)CCCCC1. The Morgan fingerprint density at radius 1 is 1.14 bits per heavy atom. The Bertz CT molecular complexity index is 651. The monoisotopic (exact) mass is 286 g/mol. The molecule has 110 valence electrons. The molecule has 21 heavy (non-hydrogen) atoms. The van der Waals surface area contributed by atoms with Gasteiger partial charge in [0.25, 0.3) is 5.91 Å². The highest BCUT2D eigenvalue weighted by Gasteiger charge is 2.42. The predicted octanol–water partition coefficient (Wildman–Crippen LogP) is 2.51.